The molecule has 0 bridgehead atoms. The molecule has 81 heavy (non-hydrogen) atoms. The molecular weight excluding hydrogens is 991 g/mol. The van der Waals surface area contributed by atoms with Crippen LogP contribution < -0.4 is 14.2 Å². The minimum Gasteiger partial charge on any atom is -0.490 e. The zero-order valence-corrected chi connectivity index (χ0v) is 53.1. The first-order chi connectivity index (χ1) is 40.2. The van der Waals surface area contributed by atoms with Crippen molar-refractivity contribution in [2.75, 3.05) is 19.8 Å². The van der Waals surface area contributed by atoms with Crippen LogP contribution in [0.1, 0.15) is 329 Å². The maximum absolute atomic E-state index is 6.86. The summed E-state index contributed by atoms with van der Waals surface area (Å²) in [5.41, 5.74) is 5.32. The number of rotatable bonds is 57. The van der Waals surface area contributed by atoms with Crippen LogP contribution in [0, 0.1) is 0 Å². The highest BCUT2D eigenvalue weighted by molar-refractivity contribution is 5.77. The Bertz CT molecular complexity index is 1890. The summed E-state index contributed by atoms with van der Waals surface area (Å²) < 4.78 is 20.6. The van der Waals surface area contributed by atoms with E-state index >= 15 is 0 Å². The zero-order valence-electron chi connectivity index (χ0n) is 53.1. The summed E-state index contributed by atoms with van der Waals surface area (Å²) in [6.07, 6.45) is 68.6. The maximum Gasteiger partial charge on any atom is 0.203 e. The fourth-order valence-corrected chi connectivity index (χ4v) is 11.6. The van der Waals surface area contributed by atoms with Gasteiger partial charge in [-0.05, 0) is 78.9 Å². The van der Waals surface area contributed by atoms with Gasteiger partial charge in [0.25, 0.3) is 0 Å². The van der Waals surface area contributed by atoms with Gasteiger partial charge in [-0.1, -0.05) is 322 Å². The number of hydrogen-bond donors (Lipinski definition) is 0. The predicted molar refractivity (Wildman–Crippen MR) is 351 cm³/mol. The van der Waals surface area contributed by atoms with E-state index in [4.69, 9.17) is 29.2 Å². The predicted octanol–water partition coefficient (Wildman–Crippen LogP) is 24.8. The summed E-state index contributed by atoms with van der Waals surface area (Å²) in [7, 11) is 0. The normalized spacial score (nSPS) is 11.4. The molecule has 0 atom stereocenters. The van der Waals surface area contributed by atoms with Gasteiger partial charge in [-0.3, -0.25) is 9.97 Å². The molecule has 0 spiro atoms. The van der Waals surface area contributed by atoms with Gasteiger partial charge in [-0.2, -0.15) is 0 Å². The number of aromatic nitrogens is 3. The molecule has 0 radical (unpaired) electrons. The number of nitrogens with zero attached hydrogens (tertiary/aromatic N) is 3. The van der Waals surface area contributed by atoms with Crippen LogP contribution in [0.4, 0.5) is 0 Å². The summed E-state index contributed by atoms with van der Waals surface area (Å²) in [5, 5.41) is 0. The van der Waals surface area contributed by atoms with Gasteiger partial charge in [0.2, 0.25) is 5.75 Å². The molecule has 3 heterocycles. The minimum absolute atomic E-state index is 0.657. The van der Waals surface area contributed by atoms with Crippen LogP contribution in [-0.2, 0) is 0 Å². The summed E-state index contributed by atoms with van der Waals surface area (Å²) in [6.45, 7) is 8.89. The lowest BCUT2D eigenvalue weighted by atomic mass is 10.0. The van der Waals surface area contributed by atoms with Gasteiger partial charge in [0.05, 0.1) is 42.6 Å². The molecule has 0 amide bonds. The highest BCUT2D eigenvalue weighted by atomic mass is 16.5. The molecule has 4 aromatic rings. The Labute approximate surface area is 499 Å². The van der Waals surface area contributed by atoms with Crippen molar-refractivity contribution in [3.05, 3.63) is 73.1 Å². The van der Waals surface area contributed by atoms with E-state index in [0.717, 1.165) is 70.4 Å². The van der Waals surface area contributed by atoms with E-state index in [2.05, 4.69) is 45.0 Å². The molecule has 0 unspecified atom stereocenters. The van der Waals surface area contributed by atoms with Crippen LogP contribution in [0.5, 0.6) is 17.2 Å². The lowest BCUT2D eigenvalue weighted by Gasteiger charge is -2.19. The molecule has 4 rings (SSSR count). The van der Waals surface area contributed by atoms with E-state index < -0.39 is 0 Å². The van der Waals surface area contributed by atoms with Crippen molar-refractivity contribution >= 4 is 0 Å². The van der Waals surface area contributed by atoms with Crippen LogP contribution in [0.2, 0.25) is 0 Å². The highest BCUT2D eigenvalue weighted by Gasteiger charge is 2.19. The van der Waals surface area contributed by atoms with Gasteiger partial charge in [-0.25, -0.2) is 4.98 Å². The van der Waals surface area contributed by atoms with Crippen molar-refractivity contribution in [2.24, 2.45) is 0 Å². The quantitative estimate of drug-likeness (QED) is 0.0411. The molecule has 0 fully saturated rings. The highest BCUT2D eigenvalue weighted by Crippen LogP contribution is 2.43. The average molecular weight is 1110 g/mol. The smallest absolute Gasteiger partial charge is 0.203 e. The van der Waals surface area contributed by atoms with Gasteiger partial charge < -0.3 is 14.2 Å². The van der Waals surface area contributed by atoms with E-state index in [9.17, 15) is 0 Å². The van der Waals surface area contributed by atoms with Crippen LogP contribution in [0.15, 0.2) is 73.1 Å². The van der Waals surface area contributed by atoms with Gasteiger partial charge in [0, 0.05) is 12.4 Å². The van der Waals surface area contributed by atoms with E-state index in [-0.39, 0.29) is 0 Å². The second-order valence-corrected chi connectivity index (χ2v) is 24.3. The molecule has 0 N–H and O–H groups in total. The summed E-state index contributed by atoms with van der Waals surface area (Å²) in [6, 6.07) is 20.7. The maximum atomic E-state index is 6.86. The molecule has 3 aromatic heterocycles. The van der Waals surface area contributed by atoms with Crippen molar-refractivity contribution < 1.29 is 14.2 Å². The van der Waals surface area contributed by atoms with Crippen molar-refractivity contribution in [1.82, 2.24) is 15.0 Å². The third-order valence-corrected chi connectivity index (χ3v) is 16.8. The van der Waals surface area contributed by atoms with Crippen molar-refractivity contribution in [2.45, 2.75) is 329 Å². The molecule has 6 heteroatoms. The summed E-state index contributed by atoms with van der Waals surface area (Å²) >= 11 is 0. The molecule has 456 valence electrons. The Morgan fingerprint density at radius 2 is 0.506 bits per heavy atom. The lowest BCUT2D eigenvalue weighted by molar-refractivity contribution is 0.234. The average Bonchev–Trinajstić information content (AvgIpc) is 3.56. The van der Waals surface area contributed by atoms with Gasteiger partial charge in [0.1, 0.15) is 0 Å². The van der Waals surface area contributed by atoms with Crippen LogP contribution >= 0.6 is 0 Å². The topological polar surface area (TPSA) is 66.4 Å². The van der Waals surface area contributed by atoms with E-state index in [0.29, 0.717) is 19.8 Å². The summed E-state index contributed by atoms with van der Waals surface area (Å²) in [4.78, 5) is 14.6. The second kappa shape index (κ2) is 50.6. The largest absolute Gasteiger partial charge is 0.490 e. The van der Waals surface area contributed by atoms with Crippen molar-refractivity contribution in [3.8, 4) is 51.2 Å². The van der Waals surface area contributed by atoms with Gasteiger partial charge >= 0.3 is 0 Å². The Morgan fingerprint density at radius 3 is 0.765 bits per heavy atom. The number of benzene rings is 1. The van der Waals surface area contributed by atoms with Gasteiger partial charge in [-0.15, -0.1) is 0 Å². The van der Waals surface area contributed by atoms with Crippen molar-refractivity contribution in [1.29, 1.82) is 0 Å². The van der Waals surface area contributed by atoms with E-state index in [1.165, 1.54) is 289 Å². The van der Waals surface area contributed by atoms with Crippen molar-refractivity contribution in [3.63, 3.8) is 0 Å². The van der Waals surface area contributed by atoms with Gasteiger partial charge in [0.15, 0.2) is 11.5 Å². The number of ether oxygens (including phenoxy) is 3. The molecule has 0 saturated heterocycles. The molecule has 0 aliphatic rings. The lowest BCUT2D eigenvalue weighted by Crippen LogP contribution is -2.07. The molecular formula is C75H123N3O3. The Balaban J connectivity index is 1.37. The first kappa shape index (κ1) is 69.6. The molecule has 6 nitrogen and oxygen atoms in total. The Kier molecular flexibility index (Phi) is 43.4. The number of unbranched alkanes of at least 4 members (excludes halogenated alkanes) is 45. The fraction of sp³-hybridized carbons (Fsp3) is 0.720. The van der Waals surface area contributed by atoms with E-state index in [1.54, 1.807) is 0 Å². The van der Waals surface area contributed by atoms with Crippen LogP contribution in [0.25, 0.3) is 33.9 Å². The Hall–Kier alpha value is -3.93. The minimum atomic E-state index is 0.657. The second-order valence-electron chi connectivity index (χ2n) is 24.3. The third kappa shape index (κ3) is 35.1. The van der Waals surface area contributed by atoms with Crippen LogP contribution in [-0.4, -0.2) is 34.8 Å². The summed E-state index contributed by atoms with van der Waals surface area (Å²) in [5.74, 6) is 2.32. The monoisotopic (exact) mass is 1110 g/mol. The molecule has 0 aliphatic heterocycles. The number of pyridine rings is 3. The number of hydrogen-bond acceptors (Lipinski definition) is 6. The third-order valence-electron chi connectivity index (χ3n) is 16.8. The standard InChI is InChI=1S/C75H123N3O3/c1-4-7-10-13-16-19-22-25-28-31-34-37-40-43-46-53-60-79-73-65-68(67-63-71(69-56-49-51-58-76-69)78-72(64-67)70-57-50-52-59-77-70)66-74(80-61-54-47-44-41-38-35-32-29-26-23-20-17-14-11-8-5-2)75(73)81-62-55-48-45-42-39-36-33-30-27-24-21-18-15-12-9-6-3/h49-52,56-59,63-66H,4-48,53-55,60-62H2,1-3H3. The molecule has 0 aliphatic carbocycles. The first-order valence-electron chi connectivity index (χ1n) is 35.1. The van der Waals surface area contributed by atoms with Crippen LogP contribution in [0.3, 0.4) is 0 Å². The zero-order chi connectivity index (χ0) is 57.0. The fourth-order valence-electron chi connectivity index (χ4n) is 11.6. The first-order valence-corrected chi connectivity index (χ1v) is 35.1. The molecule has 0 saturated carbocycles. The van der Waals surface area contributed by atoms with E-state index in [1.807, 2.05) is 48.8 Å². The SMILES string of the molecule is CCCCCCCCCCCCCCCCCCOc1cc(-c2cc(-c3ccccn3)nc(-c3ccccn3)c2)cc(OCCCCCCCCCCCCCCCCCC)c1OCCCCCCCCCCCCCCCCCC. The molecule has 1 aromatic carbocycles. The Morgan fingerprint density at radius 1 is 0.259 bits per heavy atom.